The van der Waals surface area contributed by atoms with Crippen LogP contribution in [0.4, 0.5) is 0 Å². The molecule has 1 aromatic carbocycles. The summed E-state index contributed by atoms with van der Waals surface area (Å²) in [6.07, 6.45) is 5.90. The Morgan fingerprint density at radius 1 is 1.08 bits per heavy atom. The monoisotopic (exact) mass is 346 g/mol. The highest BCUT2D eigenvalue weighted by Gasteiger charge is 2.14. The van der Waals surface area contributed by atoms with Crippen molar-refractivity contribution >= 4 is 10.8 Å². The quantitative estimate of drug-likeness (QED) is 0.807. The minimum absolute atomic E-state index is 0.426. The number of aryl methyl sites for hydroxylation is 2. The van der Waals surface area contributed by atoms with Gasteiger partial charge in [-0.25, -0.2) is 0 Å². The fourth-order valence-electron chi connectivity index (χ4n) is 3.31. The molecule has 0 spiro atoms. The fraction of sp³-hybridized carbons (Fsp3) is 0.556. The molecule has 0 aliphatic carbocycles. The minimum Gasteiger partial charge on any atom is -0.301 e. The molecule has 2 heterocycles. The third-order valence-corrected chi connectivity index (χ3v) is 6.25. The van der Waals surface area contributed by atoms with Crippen molar-refractivity contribution in [3.8, 4) is 0 Å². The number of likely N-dealkylation sites (tertiary alicyclic amines) is 1. The Morgan fingerprint density at radius 2 is 1.79 bits per heavy atom. The van der Waals surface area contributed by atoms with Gasteiger partial charge in [-0.05, 0) is 50.9 Å². The van der Waals surface area contributed by atoms with Gasteiger partial charge in [0.2, 0.25) is 0 Å². The fourth-order valence-corrected chi connectivity index (χ4v) is 4.71. The number of aromatic nitrogens is 3. The maximum Gasteiger partial charge on any atom is 0.0955 e. The van der Waals surface area contributed by atoms with Crippen molar-refractivity contribution in [2.24, 2.45) is 0 Å². The van der Waals surface area contributed by atoms with E-state index >= 15 is 0 Å². The lowest BCUT2D eigenvalue weighted by Gasteiger charge is -2.25. The predicted octanol–water partition coefficient (Wildman–Crippen LogP) is 2.69. The molecule has 1 aliphatic heterocycles. The van der Waals surface area contributed by atoms with Crippen molar-refractivity contribution in [2.45, 2.75) is 50.3 Å². The molecule has 130 valence electrons. The van der Waals surface area contributed by atoms with Crippen molar-refractivity contribution in [3.05, 3.63) is 41.2 Å². The SMILES string of the molecule is Cc1cccc(C)c1S(=O)Cc1cn(CCN2CCCCC2)nn1. The van der Waals surface area contributed by atoms with Gasteiger partial charge in [0.15, 0.2) is 0 Å². The molecule has 1 saturated heterocycles. The number of nitrogens with zero attached hydrogens (tertiary/aromatic N) is 4. The lowest BCUT2D eigenvalue weighted by Crippen LogP contribution is -2.32. The van der Waals surface area contributed by atoms with E-state index in [1.807, 2.05) is 42.9 Å². The van der Waals surface area contributed by atoms with E-state index in [4.69, 9.17) is 0 Å². The molecule has 0 amide bonds. The largest absolute Gasteiger partial charge is 0.301 e. The van der Waals surface area contributed by atoms with Crippen molar-refractivity contribution in [1.29, 1.82) is 0 Å². The summed E-state index contributed by atoms with van der Waals surface area (Å²) >= 11 is 0. The van der Waals surface area contributed by atoms with Crippen molar-refractivity contribution in [1.82, 2.24) is 19.9 Å². The molecular weight excluding hydrogens is 320 g/mol. The maximum absolute atomic E-state index is 12.7. The summed E-state index contributed by atoms with van der Waals surface area (Å²) in [7, 11) is -1.08. The first-order valence-electron chi connectivity index (χ1n) is 8.69. The number of hydrogen-bond acceptors (Lipinski definition) is 4. The van der Waals surface area contributed by atoms with Gasteiger partial charge in [-0.1, -0.05) is 29.8 Å². The second-order valence-electron chi connectivity index (χ2n) is 6.59. The van der Waals surface area contributed by atoms with Crippen molar-refractivity contribution in [3.63, 3.8) is 0 Å². The Morgan fingerprint density at radius 3 is 2.50 bits per heavy atom. The third-order valence-electron chi connectivity index (χ3n) is 4.60. The number of benzene rings is 1. The van der Waals surface area contributed by atoms with Crippen LogP contribution in [0.5, 0.6) is 0 Å². The average molecular weight is 347 g/mol. The summed E-state index contributed by atoms with van der Waals surface area (Å²) in [6.45, 7) is 8.27. The Kier molecular flexibility index (Phi) is 5.79. The highest BCUT2D eigenvalue weighted by Crippen LogP contribution is 2.20. The smallest absolute Gasteiger partial charge is 0.0955 e. The van der Waals surface area contributed by atoms with Gasteiger partial charge in [0, 0.05) is 17.6 Å². The molecule has 1 atom stereocenters. The molecule has 3 rings (SSSR count). The molecular formula is C18H26N4OS. The van der Waals surface area contributed by atoms with Crippen LogP contribution < -0.4 is 0 Å². The topological polar surface area (TPSA) is 51.0 Å². The summed E-state index contributed by atoms with van der Waals surface area (Å²) < 4.78 is 14.6. The minimum atomic E-state index is -1.08. The lowest BCUT2D eigenvalue weighted by atomic mass is 10.1. The molecule has 0 saturated carbocycles. The Balaban J connectivity index is 1.58. The number of piperidine rings is 1. The highest BCUT2D eigenvalue weighted by molar-refractivity contribution is 7.84. The van der Waals surface area contributed by atoms with Crippen LogP contribution in [0.1, 0.15) is 36.1 Å². The summed E-state index contributed by atoms with van der Waals surface area (Å²) in [6, 6.07) is 6.02. The van der Waals surface area contributed by atoms with Crippen LogP contribution in [0.15, 0.2) is 29.3 Å². The molecule has 1 unspecified atom stereocenters. The van der Waals surface area contributed by atoms with Gasteiger partial charge in [0.1, 0.15) is 0 Å². The van der Waals surface area contributed by atoms with E-state index in [0.29, 0.717) is 5.75 Å². The van der Waals surface area contributed by atoms with Gasteiger partial charge in [0.05, 0.1) is 28.8 Å². The molecule has 2 aromatic rings. The first-order valence-corrected chi connectivity index (χ1v) is 10.0. The van der Waals surface area contributed by atoms with E-state index in [9.17, 15) is 4.21 Å². The normalized spacial score (nSPS) is 17.1. The first kappa shape index (κ1) is 17.3. The van der Waals surface area contributed by atoms with E-state index in [1.54, 1.807) is 0 Å². The van der Waals surface area contributed by atoms with Crippen LogP contribution in [-0.4, -0.2) is 43.7 Å². The molecule has 5 nitrogen and oxygen atoms in total. The zero-order chi connectivity index (χ0) is 16.9. The van der Waals surface area contributed by atoms with Crippen LogP contribution in [0.3, 0.4) is 0 Å². The molecule has 0 N–H and O–H groups in total. The second-order valence-corrected chi connectivity index (χ2v) is 7.97. The molecule has 1 aliphatic rings. The molecule has 24 heavy (non-hydrogen) atoms. The summed E-state index contributed by atoms with van der Waals surface area (Å²) in [5.74, 6) is 0.426. The maximum atomic E-state index is 12.7. The molecule has 1 fully saturated rings. The second kappa shape index (κ2) is 8.03. The number of rotatable bonds is 6. The molecule has 1 aromatic heterocycles. The van der Waals surface area contributed by atoms with Gasteiger partial charge in [-0.2, -0.15) is 0 Å². The van der Waals surface area contributed by atoms with E-state index in [-0.39, 0.29) is 0 Å². The summed E-state index contributed by atoms with van der Waals surface area (Å²) in [5.41, 5.74) is 2.95. The van der Waals surface area contributed by atoms with Crippen LogP contribution in [-0.2, 0) is 23.1 Å². The zero-order valence-corrected chi connectivity index (χ0v) is 15.4. The average Bonchev–Trinajstić information content (AvgIpc) is 3.01. The summed E-state index contributed by atoms with van der Waals surface area (Å²) in [5, 5.41) is 8.40. The Bertz CT molecular complexity index is 687. The Labute approximate surface area is 146 Å². The van der Waals surface area contributed by atoms with Crippen molar-refractivity contribution in [2.75, 3.05) is 19.6 Å². The molecule has 6 heteroatoms. The Hall–Kier alpha value is -1.53. The van der Waals surface area contributed by atoms with Crippen LogP contribution in [0.25, 0.3) is 0 Å². The van der Waals surface area contributed by atoms with Gasteiger partial charge in [0.25, 0.3) is 0 Å². The predicted molar refractivity (Wildman–Crippen MR) is 96.3 cm³/mol. The van der Waals surface area contributed by atoms with E-state index < -0.39 is 10.8 Å². The van der Waals surface area contributed by atoms with Gasteiger partial charge in [-0.15, -0.1) is 5.10 Å². The van der Waals surface area contributed by atoms with Crippen molar-refractivity contribution < 1.29 is 4.21 Å². The zero-order valence-electron chi connectivity index (χ0n) is 14.6. The molecule has 0 bridgehead atoms. The van der Waals surface area contributed by atoms with E-state index in [0.717, 1.165) is 34.8 Å². The third kappa shape index (κ3) is 4.30. The van der Waals surface area contributed by atoms with Gasteiger partial charge in [-0.3, -0.25) is 8.89 Å². The van der Waals surface area contributed by atoms with Crippen LogP contribution in [0.2, 0.25) is 0 Å². The lowest BCUT2D eigenvalue weighted by molar-refractivity contribution is 0.217. The number of hydrogen-bond donors (Lipinski definition) is 0. The summed E-state index contributed by atoms with van der Waals surface area (Å²) in [4.78, 5) is 3.42. The highest BCUT2D eigenvalue weighted by atomic mass is 32.2. The first-order chi connectivity index (χ1) is 11.6. The van der Waals surface area contributed by atoms with Gasteiger partial charge < -0.3 is 4.90 Å². The van der Waals surface area contributed by atoms with Crippen LogP contribution in [0, 0.1) is 13.8 Å². The van der Waals surface area contributed by atoms with Gasteiger partial charge >= 0.3 is 0 Å². The molecule has 0 radical (unpaired) electrons. The van der Waals surface area contributed by atoms with E-state index in [1.165, 1.54) is 32.4 Å². The van der Waals surface area contributed by atoms with E-state index in [2.05, 4.69) is 15.2 Å². The standard InChI is InChI=1S/C18H26N4OS/c1-15-7-6-8-16(2)18(15)24(23)14-17-13-22(20-19-17)12-11-21-9-4-3-5-10-21/h6-8,13H,3-5,9-12,14H2,1-2H3. The van der Waals surface area contributed by atoms with Crippen LogP contribution >= 0.6 is 0 Å².